The van der Waals surface area contributed by atoms with Crippen molar-refractivity contribution in [2.45, 2.75) is 13.0 Å². The summed E-state index contributed by atoms with van der Waals surface area (Å²) in [7, 11) is 1.90. The Hall–Kier alpha value is -1.19. The van der Waals surface area contributed by atoms with Crippen LogP contribution >= 0.6 is 23.2 Å². The topological polar surface area (TPSA) is 29.9 Å². The molecule has 0 aliphatic rings. The highest BCUT2D eigenvalue weighted by atomic mass is 35.5. The van der Waals surface area contributed by atoms with Crippen molar-refractivity contribution >= 4 is 28.9 Å². The van der Waals surface area contributed by atoms with Gasteiger partial charge < -0.3 is 5.32 Å². The third kappa shape index (κ3) is 2.56. The molecular weight excluding hydrogens is 257 g/mol. The summed E-state index contributed by atoms with van der Waals surface area (Å²) < 4.78 is 1.82. The molecule has 1 unspecified atom stereocenters. The molecule has 1 aromatic carbocycles. The van der Waals surface area contributed by atoms with Crippen LogP contribution in [0.25, 0.3) is 0 Å². The van der Waals surface area contributed by atoms with Crippen molar-refractivity contribution in [3.8, 4) is 0 Å². The van der Waals surface area contributed by atoms with E-state index in [2.05, 4.69) is 10.4 Å². The number of hydrogen-bond acceptors (Lipinski definition) is 2. The van der Waals surface area contributed by atoms with Gasteiger partial charge in [-0.15, -0.1) is 0 Å². The molecule has 0 fully saturated rings. The molecule has 2 aromatic rings. The minimum Gasteiger partial charge on any atom is -0.375 e. The number of benzene rings is 1. The van der Waals surface area contributed by atoms with E-state index in [1.54, 1.807) is 6.20 Å². The molecule has 5 heteroatoms. The lowest BCUT2D eigenvalue weighted by Gasteiger charge is -2.17. The number of anilines is 1. The van der Waals surface area contributed by atoms with Crippen molar-refractivity contribution < 1.29 is 0 Å². The third-order valence-electron chi connectivity index (χ3n) is 2.63. The average Bonchev–Trinajstić information content (AvgIpc) is 2.70. The van der Waals surface area contributed by atoms with Gasteiger partial charge in [0, 0.05) is 13.2 Å². The van der Waals surface area contributed by atoms with Crippen LogP contribution in [0.5, 0.6) is 0 Å². The van der Waals surface area contributed by atoms with Gasteiger partial charge in [-0.2, -0.15) is 5.10 Å². The van der Waals surface area contributed by atoms with Crippen LogP contribution in [0, 0.1) is 0 Å². The number of halogens is 2. The average molecular weight is 270 g/mol. The summed E-state index contributed by atoms with van der Waals surface area (Å²) in [5.41, 5.74) is 1.82. The molecule has 0 aliphatic carbocycles. The quantitative estimate of drug-likeness (QED) is 0.916. The summed E-state index contributed by atoms with van der Waals surface area (Å²) in [5.74, 6) is 0. The van der Waals surface area contributed by atoms with E-state index >= 15 is 0 Å². The second-order valence-electron chi connectivity index (χ2n) is 3.84. The summed E-state index contributed by atoms with van der Waals surface area (Å²) in [6, 6.07) is 7.49. The molecule has 0 radical (unpaired) electrons. The van der Waals surface area contributed by atoms with Crippen LogP contribution in [0.1, 0.15) is 18.7 Å². The first kappa shape index (κ1) is 12.3. The maximum absolute atomic E-state index is 6.11. The van der Waals surface area contributed by atoms with Gasteiger partial charge >= 0.3 is 0 Å². The van der Waals surface area contributed by atoms with Crippen molar-refractivity contribution in [2.24, 2.45) is 7.05 Å². The molecule has 1 N–H and O–H groups in total. The highest BCUT2D eigenvalue weighted by Gasteiger charge is 2.12. The predicted octanol–water partition coefficient (Wildman–Crippen LogP) is 3.90. The number of hydrogen-bond donors (Lipinski definition) is 1. The van der Waals surface area contributed by atoms with Crippen LogP contribution in [0.4, 0.5) is 5.69 Å². The zero-order valence-corrected chi connectivity index (χ0v) is 11.1. The molecule has 1 atom stereocenters. The van der Waals surface area contributed by atoms with Crippen molar-refractivity contribution in [3.05, 3.63) is 46.2 Å². The van der Waals surface area contributed by atoms with Crippen molar-refractivity contribution in [1.82, 2.24) is 9.78 Å². The lowest BCUT2D eigenvalue weighted by Crippen LogP contribution is -2.11. The molecule has 0 amide bonds. The molecule has 0 saturated heterocycles. The Labute approximate surface area is 110 Å². The fourth-order valence-electron chi connectivity index (χ4n) is 1.73. The molecule has 1 aromatic heterocycles. The zero-order valence-electron chi connectivity index (χ0n) is 9.61. The van der Waals surface area contributed by atoms with E-state index in [0.717, 1.165) is 11.4 Å². The molecule has 0 aliphatic heterocycles. The molecule has 90 valence electrons. The molecule has 3 nitrogen and oxygen atoms in total. The minimum absolute atomic E-state index is 0.0832. The summed E-state index contributed by atoms with van der Waals surface area (Å²) >= 11 is 12.2. The van der Waals surface area contributed by atoms with Gasteiger partial charge in [-0.1, -0.05) is 29.3 Å². The fourth-order valence-corrected chi connectivity index (χ4v) is 2.24. The van der Waals surface area contributed by atoms with Crippen molar-refractivity contribution in [1.29, 1.82) is 0 Å². The van der Waals surface area contributed by atoms with Crippen LogP contribution in [-0.4, -0.2) is 9.78 Å². The summed E-state index contributed by atoms with van der Waals surface area (Å²) in [5, 5.41) is 8.67. The van der Waals surface area contributed by atoms with Gasteiger partial charge in [0.25, 0.3) is 0 Å². The van der Waals surface area contributed by atoms with Crippen molar-refractivity contribution in [2.75, 3.05) is 5.32 Å². The first-order valence-corrected chi connectivity index (χ1v) is 6.03. The molecule has 17 heavy (non-hydrogen) atoms. The van der Waals surface area contributed by atoms with Crippen LogP contribution in [0.15, 0.2) is 30.5 Å². The maximum atomic E-state index is 6.11. The normalized spacial score (nSPS) is 12.5. The van der Waals surface area contributed by atoms with Gasteiger partial charge in [-0.05, 0) is 25.1 Å². The highest BCUT2D eigenvalue weighted by molar-refractivity contribution is 6.39. The van der Waals surface area contributed by atoms with Crippen LogP contribution in [0.2, 0.25) is 10.0 Å². The van der Waals surface area contributed by atoms with E-state index in [9.17, 15) is 0 Å². The Morgan fingerprint density at radius 2 is 1.88 bits per heavy atom. The predicted molar refractivity (Wildman–Crippen MR) is 71.7 cm³/mol. The Balaban J connectivity index is 2.25. The number of nitrogens with zero attached hydrogens (tertiary/aromatic N) is 2. The van der Waals surface area contributed by atoms with Gasteiger partial charge in [-0.3, -0.25) is 4.68 Å². The Morgan fingerprint density at radius 1 is 1.24 bits per heavy atom. The minimum atomic E-state index is 0.0832. The Morgan fingerprint density at radius 3 is 2.41 bits per heavy atom. The Kier molecular flexibility index (Phi) is 3.60. The van der Waals surface area contributed by atoms with E-state index in [1.165, 1.54) is 0 Å². The molecule has 2 rings (SSSR count). The maximum Gasteiger partial charge on any atom is 0.0724 e. The third-order valence-corrected chi connectivity index (χ3v) is 3.26. The zero-order chi connectivity index (χ0) is 12.4. The standard InChI is InChI=1S/C12H13Cl2N3/c1-8(11-6-7-15-17(11)2)16-12-9(13)4-3-5-10(12)14/h3-8,16H,1-2H3. The first-order valence-electron chi connectivity index (χ1n) is 5.28. The lowest BCUT2D eigenvalue weighted by atomic mass is 10.2. The van der Waals surface area contributed by atoms with Crippen LogP contribution < -0.4 is 5.32 Å². The van der Waals surface area contributed by atoms with E-state index < -0.39 is 0 Å². The lowest BCUT2D eigenvalue weighted by molar-refractivity contribution is 0.676. The van der Waals surface area contributed by atoms with Gasteiger partial charge in [0.1, 0.15) is 0 Å². The summed E-state index contributed by atoms with van der Waals surface area (Å²) in [4.78, 5) is 0. The summed E-state index contributed by atoms with van der Waals surface area (Å²) in [6.07, 6.45) is 1.77. The number of aromatic nitrogens is 2. The number of aryl methyl sites for hydroxylation is 1. The molecular formula is C12H13Cl2N3. The highest BCUT2D eigenvalue weighted by Crippen LogP contribution is 2.32. The number of para-hydroxylation sites is 1. The molecule has 0 bridgehead atoms. The smallest absolute Gasteiger partial charge is 0.0724 e. The number of nitrogens with one attached hydrogen (secondary N) is 1. The second-order valence-corrected chi connectivity index (χ2v) is 4.66. The Bertz CT molecular complexity index is 502. The van der Waals surface area contributed by atoms with Crippen LogP contribution in [-0.2, 0) is 7.05 Å². The largest absolute Gasteiger partial charge is 0.375 e. The van der Waals surface area contributed by atoms with E-state index in [4.69, 9.17) is 23.2 Å². The van der Waals surface area contributed by atoms with E-state index in [-0.39, 0.29) is 6.04 Å². The van der Waals surface area contributed by atoms with Crippen molar-refractivity contribution in [3.63, 3.8) is 0 Å². The van der Waals surface area contributed by atoms with E-state index in [0.29, 0.717) is 10.0 Å². The SMILES string of the molecule is CC(Nc1c(Cl)cccc1Cl)c1ccnn1C. The van der Waals surface area contributed by atoms with Gasteiger partial charge in [0.2, 0.25) is 0 Å². The first-order chi connectivity index (χ1) is 8.09. The molecule has 1 heterocycles. The van der Waals surface area contributed by atoms with Crippen LogP contribution in [0.3, 0.4) is 0 Å². The number of rotatable bonds is 3. The van der Waals surface area contributed by atoms with Gasteiger partial charge in [-0.25, -0.2) is 0 Å². The summed E-state index contributed by atoms with van der Waals surface area (Å²) in [6.45, 7) is 2.04. The second kappa shape index (κ2) is 4.98. The molecule has 0 spiro atoms. The fraction of sp³-hybridized carbons (Fsp3) is 0.250. The molecule has 0 saturated carbocycles. The van der Waals surface area contributed by atoms with Gasteiger partial charge in [0.05, 0.1) is 27.5 Å². The monoisotopic (exact) mass is 269 g/mol. The van der Waals surface area contributed by atoms with E-state index in [1.807, 2.05) is 42.9 Å². The van der Waals surface area contributed by atoms with Gasteiger partial charge in [0.15, 0.2) is 0 Å².